The standard InChI is InChI=1S/C27H23FN6O3/c28-21-9-7-19(8-10-21)17-33(25(35)18-34-24-6-2-1-5-23(24)31-32-34)26(20-11-13-29-14-12-20)27(36)30-16-22-4-3-15-37-22/h1-15,26H,16-18H2,(H,30,36). The number of benzene rings is 2. The van der Waals surface area contributed by atoms with Crippen LogP contribution in [0.2, 0.25) is 0 Å². The summed E-state index contributed by atoms with van der Waals surface area (Å²) in [6.45, 7) is 0.0708. The number of hydrogen-bond acceptors (Lipinski definition) is 6. The molecule has 0 spiro atoms. The van der Waals surface area contributed by atoms with Crippen LogP contribution in [-0.4, -0.2) is 36.7 Å². The second-order valence-corrected chi connectivity index (χ2v) is 8.36. The van der Waals surface area contributed by atoms with E-state index in [0.29, 0.717) is 27.9 Å². The Bertz CT molecular complexity index is 1490. The lowest BCUT2D eigenvalue weighted by atomic mass is 10.0. The SMILES string of the molecule is O=C(NCc1ccco1)C(c1ccncc1)N(Cc1ccc(F)cc1)C(=O)Cn1nnc2ccccc21. The number of amides is 2. The van der Waals surface area contributed by atoms with Crippen molar-refractivity contribution < 1.29 is 18.4 Å². The van der Waals surface area contributed by atoms with Crippen LogP contribution in [0.1, 0.15) is 22.9 Å². The van der Waals surface area contributed by atoms with Crippen molar-refractivity contribution in [1.29, 1.82) is 0 Å². The molecule has 5 rings (SSSR count). The molecule has 3 aromatic heterocycles. The number of nitrogens with zero attached hydrogens (tertiary/aromatic N) is 5. The Kier molecular flexibility index (Phi) is 6.98. The van der Waals surface area contributed by atoms with Gasteiger partial charge in [-0.2, -0.15) is 0 Å². The van der Waals surface area contributed by atoms with Gasteiger partial charge in [0.05, 0.1) is 18.3 Å². The monoisotopic (exact) mass is 498 g/mol. The molecule has 0 aliphatic heterocycles. The zero-order valence-electron chi connectivity index (χ0n) is 19.7. The first kappa shape index (κ1) is 23.9. The second-order valence-electron chi connectivity index (χ2n) is 8.36. The number of carbonyl (C=O) groups is 2. The van der Waals surface area contributed by atoms with Gasteiger partial charge >= 0.3 is 0 Å². The summed E-state index contributed by atoms with van der Waals surface area (Å²) in [6.07, 6.45) is 4.65. The Balaban J connectivity index is 1.50. The van der Waals surface area contributed by atoms with Crippen LogP contribution in [0, 0.1) is 5.82 Å². The third-order valence-electron chi connectivity index (χ3n) is 5.89. The van der Waals surface area contributed by atoms with E-state index in [0.717, 1.165) is 0 Å². The zero-order chi connectivity index (χ0) is 25.6. The average Bonchev–Trinajstić information content (AvgIpc) is 3.59. The highest BCUT2D eigenvalue weighted by atomic mass is 19.1. The molecule has 0 bridgehead atoms. The maximum absolute atomic E-state index is 13.8. The normalized spacial score (nSPS) is 11.8. The number of rotatable bonds is 9. The smallest absolute Gasteiger partial charge is 0.247 e. The number of halogens is 1. The molecular formula is C27H23FN6O3. The molecule has 0 radical (unpaired) electrons. The molecule has 10 heteroatoms. The number of nitrogens with one attached hydrogen (secondary N) is 1. The van der Waals surface area contributed by atoms with Crippen LogP contribution >= 0.6 is 0 Å². The summed E-state index contributed by atoms with van der Waals surface area (Å²) < 4.78 is 20.4. The summed E-state index contributed by atoms with van der Waals surface area (Å²) in [5.41, 5.74) is 2.59. The van der Waals surface area contributed by atoms with Crippen LogP contribution in [0.3, 0.4) is 0 Å². The zero-order valence-corrected chi connectivity index (χ0v) is 19.7. The van der Waals surface area contributed by atoms with E-state index in [1.807, 2.05) is 18.2 Å². The summed E-state index contributed by atoms with van der Waals surface area (Å²) in [7, 11) is 0. The molecule has 186 valence electrons. The van der Waals surface area contributed by atoms with Gasteiger partial charge in [0.2, 0.25) is 11.8 Å². The summed E-state index contributed by atoms with van der Waals surface area (Å²) in [4.78, 5) is 32.9. The van der Waals surface area contributed by atoms with E-state index >= 15 is 0 Å². The first-order valence-corrected chi connectivity index (χ1v) is 11.6. The predicted molar refractivity (Wildman–Crippen MR) is 132 cm³/mol. The molecule has 2 aromatic carbocycles. The topological polar surface area (TPSA) is 106 Å². The largest absolute Gasteiger partial charge is 0.467 e. The summed E-state index contributed by atoms with van der Waals surface area (Å²) in [5.74, 6) is -0.582. The minimum absolute atomic E-state index is 0.0624. The van der Waals surface area contributed by atoms with Crippen molar-refractivity contribution >= 4 is 22.8 Å². The molecule has 0 saturated heterocycles. The number of para-hydroxylation sites is 1. The number of aromatic nitrogens is 4. The van der Waals surface area contributed by atoms with Gasteiger partial charge in [0, 0.05) is 18.9 Å². The fourth-order valence-corrected chi connectivity index (χ4v) is 4.07. The van der Waals surface area contributed by atoms with Crippen LogP contribution in [0.5, 0.6) is 0 Å². The fourth-order valence-electron chi connectivity index (χ4n) is 4.07. The quantitative estimate of drug-likeness (QED) is 0.333. The van der Waals surface area contributed by atoms with E-state index < -0.39 is 17.8 Å². The van der Waals surface area contributed by atoms with Crippen LogP contribution in [-0.2, 0) is 29.2 Å². The van der Waals surface area contributed by atoms with E-state index in [1.165, 1.54) is 28.0 Å². The molecule has 0 aliphatic carbocycles. The van der Waals surface area contributed by atoms with Gasteiger partial charge in [0.15, 0.2) is 0 Å². The highest BCUT2D eigenvalue weighted by molar-refractivity contribution is 5.89. The van der Waals surface area contributed by atoms with Crippen LogP contribution < -0.4 is 5.32 Å². The fraction of sp³-hybridized carbons (Fsp3) is 0.148. The van der Waals surface area contributed by atoms with E-state index in [1.54, 1.807) is 54.9 Å². The molecule has 37 heavy (non-hydrogen) atoms. The highest BCUT2D eigenvalue weighted by Crippen LogP contribution is 2.25. The van der Waals surface area contributed by atoms with Crippen molar-refractivity contribution in [2.24, 2.45) is 0 Å². The van der Waals surface area contributed by atoms with Crippen molar-refractivity contribution in [2.45, 2.75) is 25.7 Å². The van der Waals surface area contributed by atoms with Crippen LogP contribution in [0.4, 0.5) is 4.39 Å². The first-order chi connectivity index (χ1) is 18.1. The maximum Gasteiger partial charge on any atom is 0.247 e. The number of pyridine rings is 1. The predicted octanol–water partition coefficient (Wildman–Crippen LogP) is 3.64. The van der Waals surface area contributed by atoms with Gasteiger partial charge in [-0.15, -0.1) is 5.10 Å². The van der Waals surface area contributed by atoms with Gasteiger partial charge in [-0.1, -0.05) is 29.5 Å². The van der Waals surface area contributed by atoms with Crippen molar-refractivity contribution in [3.05, 3.63) is 114 Å². The summed E-state index contributed by atoms with van der Waals surface area (Å²) >= 11 is 0. The molecule has 1 N–H and O–H groups in total. The van der Waals surface area contributed by atoms with E-state index in [9.17, 15) is 14.0 Å². The van der Waals surface area contributed by atoms with Gasteiger partial charge in [0.1, 0.15) is 29.7 Å². The van der Waals surface area contributed by atoms with Gasteiger partial charge in [-0.25, -0.2) is 9.07 Å². The van der Waals surface area contributed by atoms with Gasteiger partial charge in [-0.05, 0) is 59.7 Å². The Morgan fingerprint density at radius 3 is 2.54 bits per heavy atom. The summed E-state index contributed by atoms with van der Waals surface area (Å²) in [6, 6.07) is 19.0. The molecule has 3 heterocycles. The van der Waals surface area contributed by atoms with Crippen molar-refractivity contribution in [3.8, 4) is 0 Å². The minimum Gasteiger partial charge on any atom is -0.467 e. The second kappa shape index (κ2) is 10.8. The Morgan fingerprint density at radius 1 is 1.00 bits per heavy atom. The van der Waals surface area contributed by atoms with Crippen LogP contribution in [0.15, 0.2) is 95.9 Å². The molecule has 1 unspecified atom stereocenters. The lowest BCUT2D eigenvalue weighted by Crippen LogP contribution is -2.44. The van der Waals surface area contributed by atoms with E-state index in [4.69, 9.17) is 4.42 Å². The van der Waals surface area contributed by atoms with Gasteiger partial charge in [0.25, 0.3) is 0 Å². The number of hydrogen-bond donors (Lipinski definition) is 1. The van der Waals surface area contributed by atoms with Crippen molar-refractivity contribution in [3.63, 3.8) is 0 Å². The minimum atomic E-state index is -0.995. The Morgan fingerprint density at radius 2 is 1.78 bits per heavy atom. The van der Waals surface area contributed by atoms with E-state index in [-0.39, 0.29) is 25.5 Å². The van der Waals surface area contributed by atoms with E-state index in [2.05, 4.69) is 20.6 Å². The molecule has 0 fully saturated rings. The number of carbonyl (C=O) groups excluding carboxylic acids is 2. The van der Waals surface area contributed by atoms with Gasteiger partial charge < -0.3 is 14.6 Å². The lowest BCUT2D eigenvalue weighted by molar-refractivity contribution is -0.142. The van der Waals surface area contributed by atoms with Crippen molar-refractivity contribution in [2.75, 3.05) is 0 Å². The highest BCUT2D eigenvalue weighted by Gasteiger charge is 2.32. The number of fused-ring (bicyclic) bond motifs is 1. The maximum atomic E-state index is 13.8. The van der Waals surface area contributed by atoms with Crippen LogP contribution in [0.25, 0.3) is 11.0 Å². The molecule has 9 nitrogen and oxygen atoms in total. The third kappa shape index (κ3) is 5.53. The molecule has 0 aliphatic rings. The first-order valence-electron chi connectivity index (χ1n) is 11.6. The Labute approximate surface area is 211 Å². The average molecular weight is 499 g/mol. The molecule has 0 saturated carbocycles. The molecule has 5 aromatic rings. The van der Waals surface area contributed by atoms with Gasteiger partial charge in [-0.3, -0.25) is 14.6 Å². The molecule has 1 atom stereocenters. The molecule has 2 amide bonds. The third-order valence-corrected chi connectivity index (χ3v) is 5.89. The van der Waals surface area contributed by atoms with Crippen molar-refractivity contribution in [1.82, 2.24) is 30.2 Å². The number of furan rings is 1. The molecular weight excluding hydrogens is 475 g/mol. The Hall–Kier alpha value is -4.86. The summed E-state index contributed by atoms with van der Waals surface area (Å²) in [5, 5.41) is 11.1. The lowest BCUT2D eigenvalue weighted by Gasteiger charge is -2.31.